The van der Waals surface area contributed by atoms with Crippen LogP contribution >= 0.6 is 11.8 Å². The number of anilines is 1. The number of aromatic nitrogens is 1. The zero-order valence-corrected chi connectivity index (χ0v) is 18.2. The molecule has 0 radical (unpaired) electrons. The van der Waals surface area contributed by atoms with Gasteiger partial charge in [0.15, 0.2) is 6.61 Å². The van der Waals surface area contributed by atoms with Gasteiger partial charge >= 0.3 is 11.9 Å². The van der Waals surface area contributed by atoms with E-state index in [2.05, 4.69) is 10.3 Å². The molecular weight excluding hydrogens is 427 g/mol. The van der Waals surface area contributed by atoms with Crippen molar-refractivity contribution in [3.05, 3.63) is 52.6 Å². The maximum atomic E-state index is 13.5. The molecule has 0 aliphatic heterocycles. The van der Waals surface area contributed by atoms with Gasteiger partial charge in [0.1, 0.15) is 11.5 Å². The van der Waals surface area contributed by atoms with E-state index in [0.717, 1.165) is 11.8 Å². The first-order valence-corrected chi connectivity index (χ1v) is 10.6. The highest BCUT2D eigenvalue weighted by molar-refractivity contribution is 8.00. The van der Waals surface area contributed by atoms with Crippen molar-refractivity contribution >= 4 is 41.1 Å². The van der Waals surface area contributed by atoms with Crippen LogP contribution in [0.3, 0.4) is 0 Å². The highest BCUT2D eigenvalue weighted by atomic mass is 32.2. The summed E-state index contributed by atoms with van der Waals surface area (Å²) in [6.45, 7) is 4.62. The number of hydrogen-bond acceptors (Lipinski definition) is 7. The van der Waals surface area contributed by atoms with Crippen molar-refractivity contribution in [1.29, 1.82) is 0 Å². The fourth-order valence-electron chi connectivity index (χ4n) is 2.81. The minimum Gasteiger partial charge on any atom is -0.461 e. The Morgan fingerprint density at radius 1 is 1.10 bits per heavy atom. The van der Waals surface area contributed by atoms with Crippen molar-refractivity contribution in [2.75, 3.05) is 30.0 Å². The minimum atomic E-state index is -0.673. The predicted molar refractivity (Wildman–Crippen MR) is 114 cm³/mol. The Morgan fingerprint density at radius 2 is 1.81 bits per heavy atom. The van der Waals surface area contributed by atoms with Gasteiger partial charge in [-0.15, -0.1) is 11.8 Å². The summed E-state index contributed by atoms with van der Waals surface area (Å²) in [6.07, 6.45) is 0. The Bertz CT molecular complexity index is 988. The van der Waals surface area contributed by atoms with Crippen LogP contribution < -0.4 is 5.32 Å². The Labute approximate surface area is 182 Å². The molecule has 10 heteroatoms. The largest absolute Gasteiger partial charge is 0.461 e. The van der Waals surface area contributed by atoms with Crippen LogP contribution in [0.5, 0.6) is 0 Å². The van der Waals surface area contributed by atoms with Crippen molar-refractivity contribution in [3.63, 3.8) is 0 Å². The molecule has 1 amide bonds. The number of carbonyl (C=O) groups excluding carboxylic acids is 4. The number of esters is 2. The number of nitrogens with one attached hydrogen (secondary N) is 2. The van der Waals surface area contributed by atoms with Gasteiger partial charge in [0.25, 0.3) is 0 Å². The van der Waals surface area contributed by atoms with Crippen LogP contribution in [0.1, 0.15) is 39.0 Å². The zero-order valence-electron chi connectivity index (χ0n) is 17.4. The number of benzene rings is 1. The molecule has 0 aliphatic carbocycles. The second kappa shape index (κ2) is 11.3. The van der Waals surface area contributed by atoms with Crippen molar-refractivity contribution in [3.8, 4) is 0 Å². The molecule has 0 fully saturated rings. The third-order valence-corrected chi connectivity index (χ3v) is 5.07. The second-order valence-electron chi connectivity index (χ2n) is 6.45. The van der Waals surface area contributed by atoms with E-state index in [1.165, 1.54) is 18.2 Å². The fraction of sp³-hybridized carbons (Fsp3) is 0.333. The highest BCUT2D eigenvalue weighted by Gasteiger charge is 2.23. The number of halogens is 1. The van der Waals surface area contributed by atoms with E-state index in [-0.39, 0.29) is 35.1 Å². The quantitative estimate of drug-likeness (QED) is 0.422. The summed E-state index contributed by atoms with van der Waals surface area (Å²) in [7, 11) is 0. The van der Waals surface area contributed by atoms with Crippen LogP contribution in [0.25, 0.3) is 0 Å². The number of H-pyrrole nitrogens is 1. The van der Waals surface area contributed by atoms with E-state index in [1.54, 1.807) is 26.8 Å². The molecule has 0 saturated heterocycles. The number of para-hydroxylation sites is 1. The molecule has 2 aromatic rings. The molecular formula is C21H23FN2O6S. The molecule has 0 unspecified atom stereocenters. The summed E-state index contributed by atoms with van der Waals surface area (Å²) < 4.78 is 23.4. The Kier molecular flexibility index (Phi) is 8.80. The van der Waals surface area contributed by atoms with Crippen LogP contribution in [0.2, 0.25) is 0 Å². The first-order valence-electron chi connectivity index (χ1n) is 9.41. The molecule has 2 rings (SSSR count). The summed E-state index contributed by atoms with van der Waals surface area (Å²) in [5.41, 5.74) is 1.41. The number of aromatic amines is 1. The molecule has 0 aliphatic rings. The van der Waals surface area contributed by atoms with Crippen LogP contribution in [0.15, 0.2) is 24.3 Å². The smallest absolute Gasteiger partial charge is 0.355 e. The average Bonchev–Trinajstić information content (AvgIpc) is 3.02. The minimum absolute atomic E-state index is 0.0562. The topological polar surface area (TPSA) is 115 Å². The lowest BCUT2D eigenvalue weighted by Crippen LogP contribution is -2.19. The number of carbonyl (C=O) groups is 4. The third-order valence-electron chi connectivity index (χ3n) is 4.16. The van der Waals surface area contributed by atoms with Crippen molar-refractivity contribution in [2.45, 2.75) is 20.8 Å². The van der Waals surface area contributed by atoms with Gasteiger partial charge in [0, 0.05) is 11.3 Å². The van der Waals surface area contributed by atoms with E-state index in [0.29, 0.717) is 11.3 Å². The number of aryl methyl sites for hydroxylation is 1. The standard InChI is InChI=1S/C21H23FN2O6S/c1-4-29-21(28)20-12(2)19(13(3)23-20)16(25)9-30-18(27)11-31-10-17(26)24-15-8-6-5-7-14(15)22/h5-8,23H,4,9-11H2,1-3H3,(H,24,26). The Balaban J connectivity index is 1.80. The SMILES string of the molecule is CCOC(=O)c1[nH]c(C)c(C(=O)COC(=O)CSCC(=O)Nc2ccccc2F)c1C. The Morgan fingerprint density at radius 3 is 2.48 bits per heavy atom. The summed E-state index contributed by atoms with van der Waals surface area (Å²) in [5.74, 6) is -2.97. The van der Waals surface area contributed by atoms with Crippen LogP contribution in [-0.2, 0) is 19.1 Å². The molecule has 2 N–H and O–H groups in total. The average molecular weight is 450 g/mol. The van der Waals surface area contributed by atoms with E-state index < -0.39 is 36.1 Å². The molecule has 0 spiro atoms. The molecule has 8 nitrogen and oxygen atoms in total. The molecule has 31 heavy (non-hydrogen) atoms. The van der Waals surface area contributed by atoms with E-state index in [4.69, 9.17) is 9.47 Å². The van der Waals surface area contributed by atoms with Crippen LogP contribution in [0, 0.1) is 19.7 Å². The van der Waals surface area contributed by atoms with Gasteiger partial charge in [-0.1, -0.05) is 12.1 Å². The maximum Gasteiger partial charge on any atom is 0.355 e. The molecule has 0 atom stereocenters. The lowest BCUT2D eigenvalue weighted by Gasteiger charge is -2.07. The third kappa shape index (κ3) is 6.68. The number of Topliss-reactive ketones (excluding diaryl/α,β-unsaturated/α-hetero) is 1. The number of rotatable bonds is 10. The lowest BCUT2D eigenvalue weighted by molar-refractivity contribution is -0.139. The summed E-state index contributed by atoms with van der Waals surface area (Å²) in [4.78, 5) is 50.9. The molecule has 166 valence electrons. The monoisotopic (exact) mass is 450 g/mol. The van der Waals surface area contributed by atoms with Crippen molar-refractivity contribution < 1.29 is 33.0 Å². The van der Waals surface area contributed by atoms with E-state index in [9.17, 15) is 23.6 Å². The van der Waals surface area contributed by atoms with Gasteiger partial charge in [-0.25, -0.2) is 9.18 Å². The molecule has 1 aromatic carbocycles. The van der Waals surface area contributed by atoms with Gasteiger partial charge in [0.2, 0.25) is 11.7 Å². The first kappa shape index (κ1) is 24.1. The molecule has 0 saturated carbocycles. The first-order chi connectivity index (χ1) is 14.7. The van der Waals surface area contributed by atoms with E-state index >= 15 is 0 Å². The van der Waals surface area contributed by atoms with E-state index in [1.807, 2.05) is 0 Å². The lowest BCUT2D eigenvalue weighted by atomic mass is 10.1. The Hall–Kier alpha value is -3.14. The van der Waals surface area contributed by atoms with Crippen molar-refractivity contribution in [1.82, 2.24) is 4.98 Å². The zero-order chi connectivity index (χ0) is 23.0. The predicted octanol–water partition coefficient (Wildman–Crippen LogP) is 3.05. The fourth-order valence-corrected chi connectivity index (χ4v) is 3.42. The summed E-state index contributed by atoms with van der Waals surface area (Å²) in [5, 5.41) is 2.41. The summed E-state index contributed by atoms with van der Waals surface area (Å²) in [6, 6.07) is 5.74. The number of thioether (sulfide) groups is 1. The number of ether oxygens (including phenoxy) is 2. The maximum absolute atomic E-state index is 13.5. The molecule has 1 aromatic heterocycles. The van der Waals surface area contributed by atoms with Crippen molar-refractivity contribution in [2.24, 2.45) is 0 Å². The molecule has 0 bridgehead atoms. The van der Waals surface area contributed by atoms with Gasteiger partial charge < -0.3 is 19.8 Å². The highest BCUT2D eigenvalue weighted by Crippen LogP contribution is 2.20. The number of amides is 1. The molecule has 1 heterocycles. The summed E-state index contributed by atoms with van der Waals surface area (Å²) >= 11 is 0.974. The number of ketones is 1. The van der Waals surface area contributed by atoms with Crippen LogP contribution in [0.4, 0.5) is 10.1 Å². The van der Waals surface area contributed by atoms with Gasteiger partial charge in [-0.3, -0.25) is 14.4 Å². The van der Waals surface area contributed by atoms with Gasteiger partial charge in [0.05, 0.1) is 23.8 Å². The second-order valence-corrected chi connectivity index (χ2v) is 7.44. The van der Waals surface area contributed by atoms with Crippen LogP contribution in [-0.4, -0.2) is 53.3 Å². The number of hydrogen-bond donors (Lipinski definition) is 2. The normalized spacial score (nSPS) is 10.5. The van der Waals surface area contributed by atoms with Gasteiger partial charge in [-0.2, -0.15) is 0 Å². The van der Waals surface area contributed by atoms with Gasteiger partial charge in [-0.05, 0) is 38.5 Å².